The smallest absolute Gasteiger partial charge is 0.407 e. The van der Waals surface area contributed by atoms with Gasteiger partial charge in [0.05, 0.1) is 6.54 Å². The van der Waals surface area contributed by atoms with Gasteiger partial charge in [0.15, 0.2) is 0 Å². The summed E-state index contributed by atoms with van der Waals surface area (Å²) in [5, 5.41) is 3.33. The Bertz CT molecular complexity index is 607. The maximum atomic E-state index is 13.3. The van der Waals surface area contributed by atoms with E-state index in [1.54, 1.807) is 26.8 Å². The molecule has 0 saturated carbocycles. The second-order valence-corrected chi connectivity index (χ2v) is 5.61. The van der Waals surface area contributed by atoms with Crippen molar-refractivity contribution in [2.75, 3.05) is 0 Å². The van der Waals surface area contributed by atoms with Crippen molar-refractivity contribution in [2.45, 2.75) is 32.9 Å². The summed E-state index contributed by atoms with van der Waals surface area (Å²) in [6.45, 7) is 5.65. The summed E-state index contributed by atoms with van der Waals surface area (Å²) < 4.78 is 18.5. The van der Waals surface area contributed by atoms with Crippen LogP contribution < -0.4 is 10.8 Å². The zero-order valence-corrected chi connectivity index (χ0v) is 11.7. The van der Waals surface area contributed by atoms with Gasteiger partial charge in [-0.15, -0.1) is 0 Å². The summed E-state index contributed by atoms with van der Waals surface area (Å²) in [5.74, 6) is -0.455. The molecule has 1 aromatic carbocycles. The predicted octanol–water partition coefficient (Wildman–Crippen LogP) is 2.13. The average molecular weight is 274 g/mol. The number of benzene rings is 1. The molecule has 0 aliphatic heterocycles. The fourth-order valence-corrected chi connectivity index (χ4v) is 1.81. The zero-order chi connectivity index (χ0) is 14.9. The van der Waals surface area contributed by atoms with Crippen molar-refractivity contribution in [3.8, 4) is 0 Å². The average Bonchev–Trinajstić information content (AvgIpc) is 2.67. The third kappa shape index (κ3) is 3.53. The van der Waals surface area contributed by atoms with Crippen molar-refractivity contribution in [1.29, 1.82) is 0 Å². The van der Waals surface area contributed by atoms with Gasteiger partial charge in [-0.25, -0.2) is 9.18 Å². The van der Waals surface area contributed by atoms with Crippen LogP contribution in [0.5, 0.6) is 0 Å². The molecule has 2 rings (SSSR count). The number of nitrogens with one attached hydrogen (secondary N) is 2. The molecule has 0 unspecified atom stereocenters. The van der Waals surface area contributed by atoms with E-state index in [0.717, 1.165) is 11.2 Å². The van der Waals surface area contributed by atoms with Crippen LogP contribution in [0.25, 0.3) is 10.9 Å². The van der Waals surface area contributed by atoms with Crippen LogP contribution in [-0.2, 0) is 11.3 Å². The van der Waals surface area contributed by atoms with E-state index >= 15 is 0 Å². The van der Waals surface area contributed by atoms with Gasteiger partial charge in [0.1, 0.15) is 19.3 Å². The van der Waals surface area contributed by atoms with Crippen LogP contribution in [0.4, 0.5) is 9.18 Å². The van der Waals surface area contributed by atoms with Gasteiger partial charge in [-0.05, 0) is 39.0 Å². The van der Waals surface area contributed by atoms with E-state index in [9.17, 15) is 9.18 Å². The monoisotopic (exact) mass is 274 g/mol. The van der Waals surface area contributed by atoms with E-state index in [4.69, 9.17) is 12.6 Å². The fourth-order valence-electron chi connectivity index (χ4n) is 1.81. The predicted molar refractivity (Wildman–Crippen MR) is 76.7 cm³/mol. The van der Waals surface area contributed by atoms with Gasteiger partial charge in [0.2, 0.25) is 0 Å². The minimum atomic E-state index is -0.540. The lowest BCUT2D eigenvalue weighted by molar-refractivity contribution is 0.0523. The third-order valence-corrected chi connectivity index (χ3v) is 2.62. The molecule has 104 valence electrons. The number of fused-ring (bicyclic) bond motifs is 1. The second kappa shape index (κ2) is 5.19. The molecule has 1 heterocycles. The lowest BCUT2D eigenvalue weighted by Crippen LogP contribution is -2.32. The van der Waals surface area contributed by atoms with Crippen molar-refractivity contribution >= 4 is 30.3 Å². The summed E-state index contributed by atoms with van der Waals surface area (Å²) in [7, 11) is 5.50. The largest absolute Gasteiger partial charge is 0.444 e. The van der Waals surface area contributed by atoms with E-state index in [-0.39, 0.29) is 12.0 Å². The standard InChI is InChI=1S/C14H16BFN2O2/c1-14(2,3)20-13(19)17-7-9-4-8-5-11(16)10(15)6-12(8)18-9/h4-6,18H,7H2,1-3H3,(H,17,19). The molecular weight excluding hydrogens is 258 g/mol. The Hall–Kier alpha value is -1.98. The van der Waals surface area contributed by atoms with Crippen LogP contribution in [0, 0.1) is 5.82 Å². The SMILES string of the molecule is [B]c1cc2[nH]c(CNC(=O)OC(C)(C)C)cc2cc1F. The number of hydrogen-bond donors (Lipinski definition) is 2. The normalized spacial score (nSPS) is 11.6. The highest BCUT2D eigenvalue weighted by Gasteiger charge is 2.16. The van der Waals surface area contributed by atoms with E-state index in [1.807, 2.05) is 0 Å². The van der Waals surface area contributed by atoms with Gasteiger partial charge in [0, 0.05) is 16.6 Å². The molecular formula is C14H16BFN2O2. The number of ether oxygens (including phenoxy) is 1. The van der Waals surface area contributed by atoms with E-state index in [1.165, 1.54) is 12.1 Å². The molecule has 4 nitrogen and oxygen atoms in total. The van der Waals surface area contributed by atoms with Crippen molar-refractivity contribution in [3.05, 3.63) is 29.7 Å². The molecule has 20 heavy (non-hydrogen) atoms. The van der Waals surface area contributed by atoms with Gasteiger partial charge in [-0.3, -0.25) is 0 Å². The van der Waals surface area contributed by atoms with Crippen LogP contribution >= 0.6 is 0 Å². The van der Waals surface area contributed by atoms with Gasteiger partial charge >= 0.3 is 6.09 Å². The summed E-state index contributed by atoms with van der Waals surface area (Å²) in [5.41, 5.74) is 1.02. The van der Waals surface area contributed by atoms with Crippen LogP contribution in [0.1, 0.15) is 26.5 Å². The van der Waals surface area contributed by atoms with Gasteiger partial charge in [0.25, 0.3) is 0 Å². The first-order valence-electron chi connectivity index (χ1n) is 6.28. The Labute approximate surface area is 118 Å². The number of aromatic nitrogens is 1. The Balaban J connectivity index is 2.05. The van der Waals surface area contributed by atoms with Crippen LogP contribution in [0.3, 0.4) is 0 Å². The molecule has 0 fully saturated rings. The van der Waals surface area contributed by atoms with Gasteiger partial charge in [-0.1, -0.05) is 5.46 Å². The lowest BCUT2D eigenvalue weighted by Gasteiger charge is -2.19. The first kappa shape index (κ1) is 14.4. The summed E-state index contributed by atoms with van der Waals surface area (Å²) in [4.78, 5) is 14.6. The third-order valence-electron chi connectivity index (χ3n) is 2.62. The quantitative estimate of drug-likeness (QED) is 0.824. The minimum absolute atomic E-state index is 0.0889. The lowest BCUT2D eigenvalue weighted by atomic mass is 9.95. The first-order chi connectivity index (χ1) is 9.24. The number of carbonyl (C=O) groups excluding carboxylic acids is 1. The van der Waals surface area contributed by atoms with Crippen molar-refractivity contribution in [2.24, 2.45) is 0 Å². The maximum Gasteiger partial charge on any atom is 0.407 e. The summed E-state index contributed by atoms with van der Waals surface area (Å²) in [6, 6.07) is 4.65. The maximum absolute atomic E-state index is 13.3. The number of H-pyrrole nitrogens is 1. The molecule has 1 amide bonds. The number of amides is 1. The Kier molecular flexibility index (Phi) is 3.75. The Morgan fingerprint density at radius 3 is 2.75 bits per heavy atom. The van der Waals surface area contributed by atoms with Crippen molar-refractivity contribution < 1.29 is 13.9 Å². The topological polar surface area (TPSA) is 54.1 Å². The zero-order valence-electron chi connectivity index (χ0n) is 11.7. The molecule has 2 N–H and O–H groups in total. The van der Waals surface area contributed by atoms with Gasteiger partial charge in [-0.2, -0.15) is 0 Å². The fraction of sp³-hybridized carbons (Fsp3) is 0.357. The number of alkyl carbamates (subject to hydrolysis) is 1. The molecule has 0 saturated heterocycles. The molecule has 0 aliphatic carbocycles. The summed E-state index contributed by atoms with van der Waals surface area (Å²) >= 11 is 0. The van der Waals surface area contributed by atoms with Crippen molar-refractivity contribution in [3.63, 3.8) is 0 Å². The Morgan fingerprint density at radius 1 is 1.40 bits per heavy atom. The van der Waals surface area contributed by atoms with Crippen LogP contribution in [-0.4, -0.2) is 24.5 Å². The highest BCUT2D eigenvalue weighted by atomic mass is 19.1. The molecule has 0 spiro atoms. The van der Waals surface area contributed by atoms with E-state index in [2.05, 4.69) is 10.3 Å². The molecule has 2 radical (unpaired) electrons. The molecule has 6 heteroatoms. The van der Waals surface area contributed by atoms with Gasteiger partial charge < -0.3 is 15.0 Å². The Morgan fingerprint density at radius 2 is 2.10 bits per heavy atom. The first-order valence-corrected chi connectivity index (χ1v) is 6.28. The van der Waals surface area contributed by atoms with Crippen molar-refractivity contribution in [1.82, 2.24) is 10.3 Å². The number of aromatic amines is 1. The molecule has 0 bridgehead atoms. The van der Waals surface area contributed by atoms with Crippen LogP contribution in [0.15, 0.2) is 18.2 Å². The number of halogens is 1. The molecule has 0 atom stereocenters. The van der Waals surface area contributed by atoms with Crippen LogP contribution in [0.2, 0.25) is 0 Å². The highest BCUT2D eigenvalue weighted by molar-refractivity contribution is 6.33. The molecule has 0 aliphatic rings. The number of hydrogen-bond acceptors (Lipinski definition) is 2. The molecule has 1 aromatic heterocycles. The summed E-state index contributed by atoms with van der Waals surface area (Å²) in [6.07, 6.45) is -0.498. The molecule has 2 aromatic rings. The second-order valence-electron chi connectivity index (χ2n) is 5.61. The van der Waals surface area contributed by atoms with E-state index < -0.39 is 17.5 Å². The number of rotatable bonds is 2. The number of carbonyl (C=O) groups is 1. The minimum Gasteiger partial charge on any atom is -0.444 e. The van der Waals surface area contributed by atoms with E-state index in [0.29, 0.717) is 5.39 Å². The highest BCUT2D eigenvalue weighted by Crippen LogP contribution is 2.15.